The van der Waals surface area contributed by atoms with Gasteiger partial charge in [0.2, 0.25) is 0 Å². The van der Waals surface area contributed by atoms with Crippen LogP contribution in [0.1, 0.15) is 72.4 Å². The van der Waals surface area contributed by atoms with Gasteiger partial charge in [-0.2, -0.15) is 79.0 Å². The summed E-state index contributed by atoms with van der Waals surface area (Å²) in [6.07, 6.45) is 0. The van der Waals surface area contributed by atoms with Crippen LogP contribution in [0.2, 0.25) is 0 Å². The number of allylic oxidation sites excluding steroid dienone is 6. The quantitative estimate of drug-likeness (QED) is 0.133. The monoisotopic (exact) mass is 1130 g/mol. The molecular formula is C47H30F18S6. The molecule has 0 aromatic carbocycles. The van der Waals surface area contributed by atoms with E-state index in [4.69, 9.17) is 0 Å². The predicted octanol–water partition coefficient (Wildman–Crippen LogP) is 19.3. The van der Waals surface area contributed by atoms with Crippen molar-refractivity contribution in [3.63, 3.8) is 0 Å². The lowest BCUT2D eigenvalue weighted by Crippen LogP contribution is -2.48. The molecule has 0 spiro atoms. The van der Waals surface area contributed by atoms with Crippen molar-refractivity contribution in [1.29, 1.82) is 0 Å². The van der Waals surface area contributed by atoms with E-state index in [-0.39, 0.29) is 48.8 Å². The number of rotatable bonds is 8. The maximum absolute atomic E-state index is 16.2. The lowest BCUT2D eigenvalue weighted by molar-refractivity contribution is -0.254. The Morgan fingerprint density at radius 2 is 0.394 bits per heavy atom. The lowest BCUT2D eigenvalue weighted by Gasteiger charge is -2.25. The van der Waals surface area contributed by atoms with Crippen molar-refractivity contribution in [2.75, 3.05) is 0 Å². The zero-order valence-corrected chi connectivity index (χ0v) is 42.1. The molecular weight excluding hydrogens is 1100 g/mol. The van der Waals surface area contributed by atoms with Crippen LogP contribution in [0.15, 0.2) is 36.4 Å². The second-order valence-electron chi connectivity index (χ2n) is 17.4. The third-order valence-corrected chi connectivity index (χ3v) is 19.4. The fraction of sp³-hybridized carbons (Fsp3) is 0.362. The normalized spacial score (nSPS) is 22.2. The van der Waals surface area contributed by atoms with Crippen LogP contribution in [0.25, 0.3) is 52.9 Å². The second kappa shape index (κ2) is 15.6. The highest BCUT2D eigenvalue weighted by atomic mass is 32.1. The van der Waals surface area contributed by atoms with Crippen LogP contribution in [0.4, 0.5) is 79.0 Å². The van der Waals surface area contributed by atoms with Crippen LogP contribution in [-0.4, -0.2) is 53.3 Å². The Bertz CT molecular complexity index is 3130. The third-order valence-electron chi connectivity index (χ3n) is 12.9. The Morgan fingerprint density at radius 3 is 0.549 bits per heavy atom. The molecule has 6 heterocycles. The van der Waals surface area contributed by atoms with Gasteiger partial charge in [0, 0.05) is 92.0 Å². The van der Waals surface area contributed by atoms with Crippen molar-refractivity contribution in [3.05, 3.63) is 109 Å². The molecule has 0 fully saturated rings. The summed E-state index contributed by atoms with van der Waals surface area (Å²) in [5, 5.41) is 0. The first kappa shape index (κ1) is 52.0. The summed E-state index contributed by atoms with van der Waals surface area (Å²) in [6, 6.07) is 5.32. The maximum Gasteiger partial charge on any atom is 0.380 e. The van der Waals surface area contributed by atoms with Crippen LogP contribution >= 0.6 is 68.0 Å². The molecule has 71 heavy (non-hydrogen) atoms. The number of hydrogen-bond donors (Lipinski definition) is 0. The summed E-state index contributed by atoms with van der Waals surface area (Å²) in [5.74, 6) is -51.0. The van der Waals surface area contributed by atoms with Crippen molar-refractivity contribution in [1.82, 2.24) is 0 Å². The summed E-state index contributed by atoms with van der Waals surface area (Å²) in [7, 11) is 0. The summed E-state index contributed by atoms with van der Waals surface area (Å²) in [6.45, 7) is 9.88. The van der Waals surface area contributed by atoms with E-state index in [1.165, 1.54) is 27.7 Å². The molecule has 3 aliphatic rings. The van der Waals surface area contributed by atoms with Gasteiger partial charge in [0.15, 0.2) is 0 Å². The molecule has 0 radical (unpaired) electrons. The molecule has 0 N–H and O–H groups in total. The van der Waals surface area contributed by atoms with Gasteiger partial charge < -0.3 is 0 Å². The highest BCUT2D eigenvalue weighted by Gasteiger charge is 2.83. The summed E-state index contributed by atoms with van der Waals surface area (Å²) in [5.41, 5.74) is -14.9. The Kier molecular flexibility index (Phi) is 11.4. The van der Waals surface area contributed by atoms with E-state index in [1.807, 2.05) is 0 Å². The molecule has 0 aliphatic heterocycles. The van der Waals surface area contributed by atoms with Gasteiger partial charge in [0.25, 0.3) is 0 Å². The zero-order chi connectivity index (χ0) is 52.8. The smallest absolute Gasteiger partial charge is 0.194 e. The standard InChI is InChI=1S/C47H30F18S6/c1-15-9-23(17(3)66-15)33-35(41(52,53)45(60,61)39(33,48)49)25-11-29(68-19(25)5)31-13-27(21(7)70-31)37-38(44(58,59)47(64,65)43(37,56)57)28-14-32(71-22(28)8)30-12-26(20(6)69-30)36-34(24-10-16(2)67-18(24)4)40(50,51)46(62,63)42(36,54)55/h9-14H,1-8H3. The molecule has 3 aliphatic carbocycles. The molecule has 24 heteroatoms. The van der Waals surface area contributed by atoms with Crippen molar-refractivity contribution in [2.45, 2.75) is 109 Å². The molecule has 6 aromatic heterocycles. The van der Waals surface area contributed by atoms with Crippen molar-refractivity contribution < 1.29 is 79.0 Å². The predicted molar refractivity (Wildman–Crippen MR) is 247 cm³/mol. The Hall–Kier alpha value is -3.84. The van der Waals surface area contributed by atoms with E-state index in [1.54, 1.807) is 0 Å². The van der Waals surface area contributed by atoms with Crippen molar-refractivity contribution >= 4 is 101 Å². The minimum absolute atomic E-state index is 0.0211. The van der Waals surface area contributed by atoms with E-state index in [0.717, 1.165) is 86.8 Å². The Morgan fingerprint density at radius 1 is 0.239 bits per heavy atom. The molecule has 6 aromatic rings. The van der Waals surface area contributed by atoms with E-state index >= 15 is 79.0 Å². The maximum atomic E-state index is 16.2. The summed E-state index contributed by atoms with van der Waals surface area (Å²) < 4.78 is 282. The van der Waals surface area contributed by atoms with E-state index in [2.05, 4.69) is 0 Å². The number of hydrogen-bond acceptors (Lipinski definition) is 6. The first-order chi connectivity index (χ1) is 32.3. The fourth-order valence-corrected chi connectivity index (χ4v) is 15.6. The number of thiophene rings is 6. The molecule has 0 atom stereocenters. The van der Waals surface area contributed by atoms with E-state index in [0.29, 0.717) is 55.1 Å². The van der Waals surface area contributed by atoms with Crippen LogP contribution in [-0.2, 0) is 0 Å². The minimum atomic E-state index is -6.12. The minimum Gasteiger partial charge on any atom is -0.194 e. The van der Waals surface area contributed by atoms with Gasteiger partial charge in [0.05, 0.1) is 0 Å². The van der Waals surface area contributed by atoms with Gasteiger partial charge in [-0.15, -0.1) is 68.0 Å². The molecule has 0 saturated heterocycles. The average Bonchev–Trinajstić information content (AvgIpc) is 4.12. The van der Waals surface area contributed by atoms with Gasteiger partial charge >= 0.3 is 53.3 Å². The zero-order valence-electron chi connectivity index (χ0n) is 37.2. The molecule has 0 saturated carbocycles. The van der Waals surface area contributed by atoms with E-state index in [9.17, 15) is 0 Å². The van der Waals surface area contributed by atoms with Crippen LogP contribution in [0.3, 0.4) is 0 Å². The SMILES string of the molecule is Cc1cc(C2=C(c3cc(-c4cc(C5=C(c6cc(-c7cc(C8=C(c9cc(C)sc9C)C(F)(F)C(F)(F)C8(F)F)c(C)s7)sc6C)C(F)(F)C(F)(F)C5(F)F)c(C)s4)sc3C)C(F)(F)C(F)(F)C2(F)F)c(C)s1. The average molecular weight is 1130 g/mol. The highest BCUT2D eigenvalue weighted by Crippen LogP contribution is 2.70. The van der Waals surface area contributed by atoms with Crippen molar-refractivity contribution in [2.24, 2.45) is 0 Å². The van der Waals surface area contributed by atoms with Crippen LogP contribution < -0.4 is 0 Å². The summed E-state index contributed by atoms with van der Waals surface area (Å²) >= 11 is 3.96. The largest absolute Gasteiger partial charge is 0.380 e. The Balaban J connectivity index is 1.19. The Labute approximate surface area is 415 Å². The van der Waals surface area contributed by atoms with Gasteiger partial charge in [0.1, 0.15) is 0 Å². The molecule has 380 valence electrons. The van der Waals surface area contributed by atoms with Gasteiger partial charge in [-0.25, -0.2) is 0 Å². The first-order valence-electron chi connectivity index (χ1n) is 20.6. The van der Waals surface area contributed by atoms with E-state index < -0.39 is 120 Å². The van der Waals surface area contributed by atoms with Crippen LogP contribution in [0, 0.1) is 55.4 Å². The van der Waals surface area contributed by atoms with Crippen LogP contribution in [0.5, 0.6) is 0 Å². The molecule has 9 rings (SSSR count). The topological polar surface area (TPSA) is 0 Å². The third kappa shape index (κ3) is 6.66. The molecule has 0 amide bonds. The fourth-order valence-electron chi connectivity index (χ4n) is 9.46. The molecule has 0 nitrogen and oxygen atoms in total. The van der Waals surface area contributed by atoms with Crippen molar-refractivity contribution in [3.8, 4) is 19.5 Å². The van der Waals surface area contributed by atoms with Gasteiger partial charge in [-0.1, -0.05) is 0 Å². The van der Waals surface area contributed by atoms with Gasteiger partial charge in [-0.3, -0.25) is 0 Å². The highest BCUT2D eigenvalue weighted by molar-refractivity contribution is 7.23. The second-order valence-corrected chi connectivity index (χ2v) is 25.3. The number of halogens is 18. The number of aryl methyl sites for hydroxylation is 8. The molecule has 0 unspecified atom stereocenters. The van der Waals surface area contributed by atoms with Gasteiger partial charge in [-0.05, 0) is 125 Å². The number of alkyl halides is 18. The lowest BCUT2D eigenvalue weighted by atomic mass is 9.94. The first-order valence-corrected chi connectivity index (χ1v) is 25.5. The molecule has 0 bridgehead atoms. The summed E-state index contributed by atoms with van der Waals surface area (Å²) in [4.78, 5) is -1.16.